The predicted molar refractivity (Wildman–Crippen MR) is 82.7 cm³/mol. The Morgan fingerprint density at radius 1 is 0.842 bits per heavy atom. The van der Waals surface area contributed by atoms with Crippen LogP contribution in [0.25, 0.3) is 0 Å². The number of benzene rings is 2. The van der Waals surface area contributed by atoms with Gasteiger partial charge in [0.05, 0.1) is 6.04 Å². The molecule has 2 rings (SSSR count). The predicted octanol–water partition coefficient (Wildman–Crippen LogP) is 4.23. The van der Waals surface area contributed by atoms with Gasteiger partial charge in [-0.05, 0) is 62.6 Å². The maximum Gasteiger partial charge on any atom is 0.0579 e. The third kappa shape index (κ3) is 2.71. The Hall–Kier alpha value is -1.60. The lowest BCUT2D eigenvalue weighted by atomic mass is 9.90. The molecular formula is C18H23N. The highest BCUT2D eigenvalue weighted by Crippen LogP contribution is 2.28. The Morgan fingerprint density at radius 3 is 2.26 bits per heavy atom. The molecule has 0 heterocycles. The zero-order chi connectivity index (χ0) is 14.0. The van der Waals surface area contributed by atoms with Crippen molar-refractivity contribution in [2.24, 2.45) is 0 Å². The first-order chi connectivity index (χ1) is 9.04. The van der Waals surface area contributed by atoms with Gasteiger partial charge in [0.2, 0.25) is 0 Å². The molecule has 0 radical (unpaired) electrons. The summed E-state index contributed by atoms with van der Waals surface area (Å²) < 4.78 is 0. The van der Waals surface area contributed by atoms with Crippen molar-refractivity contribution < 1.29 is 0 Å². The molecule has 0 bridgehead atoms. The van der Waals surface area contributed by atoms with Gasteiger partial charge in [0.1, 0.15) is 0 Å². The van der Waals surface area contributed by atoms with Crippen molar-refractivity contribution in [2.75, 3.05) is 7.05 Å². The van der Waals surface area contributed by atoms with Gasteiger partial charge in [-0.1, -0.05) is 42.0 Å². The van der Waals surface area contributed by atoms with E-state index in [9.17, 15) is 0 Å². The molecule has 0 aliphatic carbocycles. The Morgan fingerprint density at radius 2 is 1.58 bits per heavy atom. The van der Waals surface area contributed by atoms with Gasteiger partial charge in [-0.2, -0.15) is 0 Å². The zero-order valence-corrected chi connectivity index (χ0v) is 12.5. The van der Waals surface area contributed by atoms with Crippen LogP contribution in [0.15, 0.2) is 36.4 Å². The van der Waals surface area contributed by atoms with Crippen molar-refractivity contribution in [1.82, 2.24) is 5.32 Å². The van der Waals surface area contributed by atoms with Crippen LogP contribution in [-0.4, -0.2) is 7.05 Å². The molecule has 0 amide bonds. The minimum Gasteiger partial charge on any atom is -0.309 e. The molecule has 2 aromatic carbocycles. The second-order valence-electron chi connectivity index (χ2n) is 5.37. The van der Waals surface area contributed by atoms with E-state index in [-0.39, 0.29) is 6.04 Å². The highest BCUT2D eigenvalue weighted by Gasteiger charge is 2.16. The summed E-state index contributed by atoms with van der Waals surface area (Å²) in [5.41, 5.74) is 8.12. The quantitative estimate of drug-likeness (QED) is 0.863. The number of nitrogens with one attached hydrogen (secondary N) is 1. The Bertz CT molecular complexity index is 582. The van der Waals surface area contributed by atoms with Gasteiger partial charge in [-0.3, -0.25) is 0 Å². The first kappa shape index (κ1) is 13.8. The molecule has 0 aliphatic heterocycles. The minimum atomic E-state index is 0.264. The highest BCUT2D eigenvalue weighted by molar-refractivity contribution is 5.44. The highest BCUT2D eigenvalue weighted by atomic mass is 14.9. The summed E-state index contributed by atoms with van der Waals surface area (Å²) in [6.45, 7) is 8.72. The molecule has 100 valence electrons. The molecule has 19 heavy (non-hydrogen) atoms. The van der Waals surface area contributed by atoms with E-state index in [1.165, 1.54) is 33.4 Å². The molecule has 2 aromatic rings. The topological polar surface area (TPSA) is 12.0 Å². The van der Waals surface area contributed by atoms with Crippen LogP contribution in [0.3, 0.4) is 0 Å². The SMILES string of the molecule is CNC(c1cc(C)ccc1C)c1cccc(C)c1C. The monoisotopic (exact) mass is 253 g/mol. The third-order valence-corrected chi connectivity index (χ3v) is 3.99. The summed E-state index contributed by atoms with van der Waals surface area (Å²) in [6.07, 6.45) is 0. The van der Waals surface area contributed by atoms with Crippen LogP contribution in [0.4, 0.5) is 0 Å². The van der Waals surface area contributed by atoms with Gasteiger partial charge in [0.25, 0.3) is 0 Å². The van der Waals surface area contributed by atoms with Gasteiger partial charge >= 0.3 is 0 Å². The van der Waals surface area contributed by atoms with E-state index < -0.39 is 0 Å². The summed E-state index contributed by atoms with van der Waals surface area (Å²) in [5, 5.41) is 3.47. The van der Waals surface area contributed by atoms with Crippen molar-refractivity contribution in [3.05, 3.63) is 69.8 Å². The summed E-state index contributed by atoms with van der Waals surface area (Å²) in [4.78, 5) is 0. The van der Waals surface area contributed by atoms with Gasteiger partial charge in [0, 0.05) is 0 Å². The number of rotatable bonds is 3. The molecule has 0 saturated heterocycles. The standard InChI is InChI=1S/C18H23N/c1-12-9-10-14(3)17(11-12)18(19-5)16-8-6-7-13(2)15(16)4/h6-11,18-19H,1-5H3. The van der Waals surface area contributed by atoms with Gasteiger partial charge in [-0.25, -0.2) is 0 Å². The lowest BCUT2D eigenvalue weighted by Crippen LogP contribution is -2.20. The second kappa shape index (κ2) is 5.58. The van der Waals surface area contributed by atoms with Crippen LogP contribution in [-0.2, 0) is 0 Å². The smallest absolute Gasteiger partial charge is 0.0579 e. The van der Waals surface area contributed by atoms with E-state index in [4.69, 9.17) is 0 Å². The molecule has 0 aromatic heterocycles. The molecular weight excluding hydrogens is 230 g/mol. The molecule has 1 N–H and O–H groups in total. The Balaban J connectivity index is 2.56. The molecule has 0 fully saturated rings. The van der Waals surface area contributed by atoms with Crippen LogP contribution in [0.5, 0.6) is 0 Å². The lowest BCUT2D eigenvalue weighted by molar-refractivity contribution is 0.682. The van der Waals surface area contributed by atoms with Crippen molar-refractivity contribution in [3.8, 4) is 0 Å². The van der Waals surface area contributed by atoms with Crippen LogP contribution < -0.4 is 5.32 Å². The molecule has 1 unspecified atom stereocenters. The maximum atomic E-state index is 3.47. The van der Waals surface area contributed by atoms with Crippen molar-refractivity contribution in [3.63, 3.8) is 0 Å². The summed E-state index contributed by atoms with van der Waals surface area (Å²) in [7, 11) is 2.04. The lowest BCUT2D eigenvalue weighted by Gasteiger charge is -2.22. The van der Waals surface area contributed by atoms with E-state index in [1.54, 1.807) is 0 Å². The molecule has 1 heteroatoms. The van der Waals surface area contributed by atoms with Crippen LogP contribution in [0.1, 0.15) is 39.4 Å². The zero-order valence-electron chi connectivity index (χ0n) is 12.5. The Labute approximate surface area is 116 Å². The summed E-state index contributed by atoms with van der Waals surface area (Å²) in [6, 6.07) is 13.5. The number of hydrogen-bond donors (Lipinski definition) is 1. The van der Waals surface area contributed by atoms with Crippen molar-refractivity contribution >= 4 is 0 Å². The first-order valence-corrected chi connectivity index (χ1v) is 6.85. The molecule has 1 atom stereocenters. The van der Waals surface area contributed by atoms with E-state index in [0.717, 1.165) is 0 Å². The summed E-state index contributed by atoms with van der Waals surface area (Å²) >= 11 is 0. The normalized spacial score (nSPS) is 12.5. The molecule has 0 spiro atoms. The minimum absolute atomic E-state index is 0.264. The van der Waals surface area contributed by atoms with Crippen LogP contribution in [0.2, 0.25) is 0 Å². The molecule has 0 saturated carbocycles. The van der Waals surface area contributed by atoms with Crippen LogP contribution in [0, 0.1) is 27.7 Å². The van der Waals surface area contributed by atoms with Crippen LogP contribution >= 0.6 is 0 Å². The average molecular weight is 253 g/mol. The van der Waals surface area contributed by atoms with Gasteiger partial charge in [-0.15, -0.1) is 0 Å². The molecule has 0 aliphatic rings. The van der Waals surface area contributed by atoms with Crippen molar-refractivity contribution in [2.45, 2.75) is 33.7 Å². The van der Waals surface area contributed by atoms with E-state index in [2.05, 4.69) is 69.4 Å². The Kier molecular flexibility index (Phi) is 4.06. The second-order valence-corrected chi connectivity index (χ2v) is 5.37. The largest absolute Gasteiger partial charge is 0.309 e. The average Bonchev–Trinajstić information content (AvgIpc) is 2.39. The first-order valence-electron chi connectivity index (χ1n) is 6.85. The molecule has 1 nitrogen and oxygen atoms in total. The fourth-order valence-corrected chi connectivity index (χ4v) is 2.64. The summed E-state index contributed by atoms with van der Waals surface area (Å²) in [5.74, 6) is 0. The van der Waals surface area contributed by atoms with E-state index in [0.29, 0.717) is 0 Å². The van der Waals surface area contributed by atoms with E-state index >= 15 is 0 Å². The fourth-order valence-electron chi connectivity index (χ4n) is 2.64. The maximum absolute atomic E-state index is 3.47. The van der Waals surface area contributed by atoms with Crippen molar-refractivity contribution in [1.29, 1.82) is 0 Å². The third-order valence-electron chi connectivity index (χ3n) is 3.99. The van der Waals surface area contributed by atoms with E-state index in [1.807, 2.05) is 7.05 Å². The fraction of sp³-hybridized carbons (Fsp3) is 0.333. The number of aryl methyl sites for hydroxylation is 3. The number of hydrogen-bond acceptors (Lipinski definition) is 1. The van der Waals surface area contributed by atoms with Gasteiger partial charge in [0.15, 0.2) is 0 Å². The van der Waals surface area contributed by atoms with Gasteiger partial charge < -0.3 is 5.32 Å².